The quantitative estimate of drug-likeness (QED) is 0.750. The molecule has 112 valence electrons. The van der Waals surface area contributed by atoms with Crippen molar-refractivity contribution in [2.45, 2.75) is 13.0 Å². The molecule has 1 N–H and O–H groups in total. The van der Waals surface area contributed by atoms with Crippen molar-refractivity contribution >= 4 is 11.6 Å². The van der Waals surface area contributed by atoms with E-state index in [4.69, 9.17) is 21.1 Å². The Kier molecular flexibility index (Phi) is 6.38. The van der Waals surface area contributed by atoms with Gasteiger partial charge in [0.25, 0.3) is 0 Å². The van der Waals surface area contributed by atoms with E-state index in [0.717, 1.165) is 24.5 Å². The SMILES string of the molecule is CNCc1ccc(OCCCOc2ccc(Cl)cc2)cc1. The number of hydrogen-bond acceptors (Lipinski definition) is 3. The van der Waals surface area contributed by atoms with Crippen LogP contribution in [-0.2, 0) is 6.54 Å². The minimum Gasteiger partial charge on any atom is -0.493 e. The van der Waals surface area contributed by atoms with Crippen LogP contribution in [0.2, 0.25) is 5.02 Å². The number of ether oxygens (including phenoxy) is 2. The van der Waals surface area contributed by atoms with Crippen LogP contribution in [-0.4, -0.2) is 20.3 Å². The van der Waals surface area contributed by atoms with E-state index in [1.165, 1.54) is 5.56 Å². The molecule has 0 aliphatic rings. The van der Waals surface area contributed by atoms with Gasteiger partial charge in [0.15, 0.2) is 0 Å². The fourth-order valence-electron chi connectivity index (χ4n) is 1.88. The van der Waals surface area contributed by atoms with Crippen molar-refractivity contribution in [2.24, 2.45) is 0 Å². The summed E-state index contributed by atoms with van der Waals surface area (Å²) in [7, 11) is 1.94. The summed E-state index contributed by atoms with van der Waals surface area (Å²) < 4.78 is 11.3. The number of rotatable bonds is 8. The summed E-state index contributed by atoms with van der Waals surface area (Å²) in [5.41, 5.74) is 1.25. The summed E-state index contributed by atoms with van der Waals surface area (Å²) in [6.07, 6.45) is 0.834. The zero-order valence-electron chi connectivity index (χ0n) is 12.1. The Morgan fingerprint density at radius 3 is 1.90 bits per heavy atom. The van der Waals surface area contributed by atoms with Crippen molar-refractivity contribution in [1.29, 1.82) is 0 Å². The highest BCUT2D eigenvalue weighted by atomic mass is 35.5. The standard InChI is InChI=1S/C17H20ClNO2/c1-19-13-14-3-7-16(8-4-14)20-11-2-12-21-17-9-5-15(18)6-10-17/h3-10,19H,2,11-13H2,1H3. The average molecular weight is 306 g/mol. The smallest absolute Gasteiger partial charge is 0.119 e. The fraction of sp³-hybridized carbons (Fsp3) is 0.294. The van der Waals surface area contributed by atoms with Crippen molar-refractivity contribution in [3.63, 3.8) is 0 Å². The minimum atomic E-state index is 0.624. The minimum absolute atomic E-state index is 0.624. The van der Waals surface area contributed by atoms with Crippen molar-refractivity contribution in [3.8, 4) is 11.5 Å². The lowest BCUT2D eigenvalue weighted by molar-refractivity contribution is 0.247. The summed E-state index contributed by atoms with van der Waals surface area (Å²) in [6.45, 7) is 2.13. The van der Waals surface area contributed by atoms with Crippen LogP contribution in [0.25, 0.3) is 0 Å². The summed E-state index contributed by atoms with van der Waals surface area (Å²) >= 11 is 5.81. The molecule has 2 aromatic rings. The second-order valence-corrected chi connectivity index (χ2v) is 5.12. The van der Waals surface area contributed by atoms with Crippen LogP contribution in [0.15, 0.2) is 48.5 Å². The first-order chi connectivity index (χ1) is 10.3. The van der Waals surface area contributed by atoms with Gasteiger partial charge in [0, 0.05) is 18.0 Å². The van der Waals surface area contributed by atoms with Gasteiger partial charge in [0.1, 0.15) is 11.5 Å². The number of benzene rings is 2. The Morgan fingerprint density at radius 2 is 1.38 bits per heavy atom. The molecule has 0 aliphatic heterocycles. The molecule has 21 heavy (non-hydrogen) atoms. The summed E-state index contributed by atoms with van der Waals surface area (Å²) in [5.74, 6) is 1.72. The number of nitrogens with one attached hydrogen (secondary N) is 1. The molecule has 2 aromatic carbocycles. The monoisotopic (exact) mass is 305 g/mol. The molecule has 0 saturated heterocycles. The third-order valence-corrected chi connectivity index (χ3v) is 3.20. The zero-order valence-corrected chi connectivity index (χ0v) is 12.9. The molecule has 0 saturated carbocycles. The van der Waals surface area contributed by atoms with E-state index >= 15 is 0 Å². The molecular weight excluding hydrogens is 286 g/mol. The first kappa shape index (κ1) is 15.7. The second kappa shape index (κ2) is 8.55. The normalized spacial score (nSPS) is 10.4. The lowest BCUT2D eigenvalue weighted by Crippen LogP contribution is -2.06. The van der Waals surface area contributed by atoms with Gasteiger partial charge in [-0.15, -0.1) is 0 Å². The van der Waals surface area contributed by atoms with Crippen LogP contribution in [0.3, 0.4) is 0 Å². The Labute approximate surface area is 130 Å². The molecule has 0 atom stereocenters. The molecule has 0 spiro atoms. The lowest BCUT2D eigenvalue weighted by Gasteiger charge is -2.08. The van der Waals surface area contributed by atoms with Gasteiger partial charge in [0.05, 0.1) is 13.2 Å². The van der Waals surface area contributed by atoms with Crippen molar-refractivity contribution in [1.82, 2.24) is 5.32 Å². The van der Waals surface area contributed by atoms with E-state index in [1.54, 1.807) is 0 Å². The van der Waals surface area contributed by atoms with Crippen LogP contribution >= 0.6 is 11.6 Å². The Morgan fingerprint density at radius 1 is 0.857 bits per heavy atom. The van der Waals surface area contributed by atoms with E-state index in [-0.39, 0.29) is 0 Å². The van der Waals surface area contributed by atoms with Gasteiger partial charge >= 0.3 is 0 Å². The van der Waals surface area contributed by atoms with Crippen molar-refractivity contribution < 1.29 is 9.47 Å². The van der Waals surface area contributed by atoms with E-state index < -0.39 is 0 Å². The maximum atomic E-state index is 5.81. The molecule has 0 amide bonds. The maximum Gasteiger partial charge on any atom is 0.119 e. The maximum absolute atomic E-state index is 5.81. The number of hydrogen-bond donors (Lipinski definition) is 1. The van der Waals surface area contributed by atoms with Crippen molar-refractivity contribution in [2.75, 3.05) is 20.3 Å². The summed E-state index contributed by atoms with van der Waals surface area (Å²) in [5, 5.41) is 3.83. The van der Waals surface area contributed by atoms with Gasteiger partial charge in [-0.1, -0.05) is 23.7 Å². The van der Waals surface area contributed by atoms with Gasteiger partial charge in [-0.05, 0) is 49.0 Å². The molecule has 3 nitrogen and oxygen atoms in total. The van der Waals surface area contributed by atoms with Crippen LogP contribution < -0.4 is 14.8 Å². The van der Waals surface area contributed by atoms with Crippen molar-refractivity contribution in [3.05, 3.63) is 59.1 Å². The lowest BCUT2D eigenvalue weighted by atomic mass is 10.2. The average Bonchev–Trinajstić information content (AvgIpc) is 2.51. The molecule has 4 heteroatoms. The van der Waals surface area contributed by atoms with Gasteiger partial charge in [-0.25, -0.2) is 0 Å². The third kappa shape index (κ3) is 5.66. The third-order valence-electron chi connectivity index (χ3n) is 2.94. The number of halogens is 1. The van der Waals surface area contributed by atoms with Crippen LogP contribution in [0, 0.1) is 0 Å². The first-order valence-electron chi connectivity index (χ1n) is 7.02. The molecule has 0 bridgehead atoms. The Balaban J connectivity index is 1.64. The highest BCUT2D eigenvalue weighted by molar-refractivity contribution is 6.30. The Hall–Kier alpha value is -1.71. The van der Waals surface area contributed by atoms with Gasteiger partial charge in [-0.2, -0.15) is 0 Å². The molecule has 0 radical (unpaired) electrons. The molecule has 0 fully saturated rings. The highest BCUT2D eigenvalue weighted by Gasteiger charge is 1.97. The highest BCUT2D eigenvalue weighted by Crippen LogP contribution is 2.16. The van der Waals surface area contributed by atoms with Gasteiger partial charge < -0.3 is 14.8 Å². The second-order valence-electron chi connectivity index (χ2n) is 4.68. The van der Waals surface area contributed by atoms with E-state index in [2.05, 4.69) is 17.4 Å². The Bertz CT molecular complexity index is 525. The predicted octanol–water partition coefficient (Wildman–Crippen LogP) is 3.91. The molecule has 0 aromatic heterocycles. The largest absolute Gasteiger partial charge is 0.493 e. The molecular formula is C17H20ClNO2. The molecule has 0 heterocycles. The van der Waals surface area contributed by atoms with Gasteiger partial charge in [0.2, 0.25) is 0 Å². The van der Waals surface area contributed by atoms with Crippen LogP contribution in [0.4, 0.5) is 0 Å². The van der Waals surface area contributed by atoms with E-state index in [0.29, 0.717) is 18.2 Å². The van der Waals surface area contributed by atoms with Gasteiger partial charge in [-0.3, -0.25) is 0 Å². The topological polar surface area (TPSA) is 30.5 Å². The zero-order chi connectivity index (χ0) is 14.9. The molecule has 0 unspecified atom stereocenters. The van der Waals surface area contributed by atoms with Crippen LogP contribution in [0.1, 0.15) is 12.0 Å². The summed E-state index contributed by atoms with van der Waals surface area (Å²) in [6, 6.07) is 15.5. The first-order valence-corrected chi connectivity index (χ1v) is 7.40. The molecule has 0 aliphatic carbocycles. The fourth-order valence-corrected chi connectivity index (χ4v) is 2.00. The van der Waals surface area contributed by atoms with Crippen LogP contribution in [0.5, 0.6) is 11.5 Å². The predicted molar refractivity (Wildman–Crippen MR) is 86.3 cm³/mol. The van der Waals surface area contributed by atoms with E-state index in [9.17, 15) is 0 Å². The molecule has 2 rings (SSSR count). The summed E-state index contributed by atoms with van der Waals surface area (Å²) in [4.78, 5) is 0. The van der Waals surface area contributed by atoms with E-state index in [1.807, 2.05) is 43.4 Å².